The van der Waals surface area contributed by atoms with Crippen LogP contribution in [0.15, 0.2) is 50.4 Å². The molecule has 2 aromatic heterocycles. The zero-order valence-electron chi connectivity index (χ0n) is 8.99. The first kappa shape index (κ1) is 12.8. The first-order chi connectivity index (χ1) is 8.70. The summed E-state index contributed by atoms with van der Waals surface area (Å²) in [6.45, 7) is 0. The molecule has 0 atom stereocenters. The van der Waals surface area contributed by atoms with E-state index in [1.54, 1.807) is 6.20 Å². The van der Waals surface area contributed by atoms with Crippen LogP contribution < -0.4 is 5.73 Å². The van der Waals surface area contributed by atoms with Crippen molar-refractivity contribution in [3.63, 3.8) is 0 Å². The predicted octanol–water partition coefficient (Wildman–Crippen LogP) is 1.88. The van der Waals surface area contributed by atoms with Crippen molar-refractivity contribution in [2.45, 2.75) is 10.1 Å². The number of amidine groups is 1. The van der Waals surface area contributed by atoms with Crippen molar-refractivity contribution in [3.8, 4) is 0 Å². The van der Waals surface area contributed by atoms with E-state index in [0.717, 1.165) is 9.50 Å². The minimum atomic E-state index is -0.0808. The molecule has 92 valence electrons. The van der Waals surface area contributed by atoms with E-state index in [9.17, 15) is 0 Å². The number of halogens is 1. The normalized spacial score (nSPS) is 11.5. The van der Waals surface area contributed by atoms with Crippen LogP contribution in [0.25, 0.3) is 0 Å². The quantitative estimate of drug-likeness (QED) is 0.387. The van der Waals surface area contributed by atoms with Gasteiger partial charge in [-0.25, -0.2) is 15.0 Å². The highest BCUT2D eigenvalue weighted by molar-refractivity contribution is 9.10. The first-order valence-electron chi connectivity index (χ1n) is 4.79. The number of nitrogens with zero attached hydrogens (tertiary/aromatic N) is 4. The molecule has 2 aromatic rings. The van der Waals surface area contributed by atoms with Gasteiger partial charge in [0.2, 0.25) is 0 Å². The van der Waals surface area contributed by atoms with Gasteiger partial charge < -0.3 is 10.9 Å². The molecule has 18 heavy (non-hydrogen) atoms. The van der Waals surface area contributed by atoms with Gasteiger partial charge in [-0.1, -0.05) is 5.16 Å². The lowest BCUT2D eigenvalue weighted by Crippen LogP contribution is -2.16. The highest BCUT2D eigenvalue weighted by atomic mass is 79.9. The van der Waals surface area contributed by atoms with E-state index in [2.05, 4.69) is 36.0 Å². The fourth-order valence-electron chi connectivity index (χ4n) is 1.14. The molecular weight excluding hydrogens is 318 g/mol. The number of pyridine rings is 1. The zero-order chi connectivity index (χ0) is 13.0. The van der Waals surface area contributed by atoms with Gasteiger partial charge in [0.15, 0.2) is 5.84 Å². The molecule has 0 amide bonds. The minimum Gasteiger partial charge on any atom is -0.409 e. The van der Waals surface area contributed by atoms with Crippen molar-refractivity contribution in [2.24, 2.45) is 10.9 Å². The van der Waals surface area contributed by atoms with Gasteiger partial charge in [-0.15, -0.1) is 0 Å². The molecule has 8 heteroatoms. The summed E-state index contributed by atoms with van der Waals surface area (Å²) in [5.74, 6) is -0.0808. The average Bonchev–Trinajstić information content (AvgIpc) is 2.41. The van der Waals surface area contributed by atoms with Crippen molar-refractivity contribution < 1.29 is 5.21 Å². The maximum atomic E-state index is 8.68. The average molecular weight is 326 g/mol. The van der Waals surface area contributed by atoms with E-state index in [0.29, 0.717) is 10.7 Å². The van der Waals surface area contributed by atoms with Gasteiger partial charge >= 0.3 is 0 Å². The second-order valence-electron chi connectivity index (χ2n) is 3.11. The molecule has 0 bridgehead atoms. The minimum absolute atomic E-state index is 0.0808. The van der Waals surface area contributed by atoms with E-state index in [-0.39, 0.29) is 5.84 Å². The highest BCUT2D eigenvalue weighted by Gasteiger charge is 2.11. The Hall–Kier alpha value is -1.67. The second kappa shape index (κ2) is 5.78. The largest absolute Gasteiger partial charge is 0.409 e. The zero-order valence-corrected chi connectivity index (χ0v) is 11.4. The summed E-state index contributed by atoms with van der Waals surface area (Å²) < 4.78 is 0.891. The van der Waals surface area contributed by atoms with Gasteiger partial charge in [-0.3, -0.25) is 0 Å². The molecule has 0 aliphatic carbocycles. The van der Waals surface area contributed by atoms with Crippen LogP contribution in [0, 0.1) is 0 Å². The Morgan fingerprint density at radius 2 is 2.06 bits per heavy atom. The Labute approximate surface area is 115 Å². The monoisotopic (exact) mass is 325 g/mol. The Bertz CT molecular complexity index is 575. The van der Waals surface area contributed by atoms with Crippen LogP contribution in [0.3, 0.4) is 0 Å². The summed E-state index contributed by atoms with van der Waals surface area (Å²) in [6, 6.07) is 3.70. The number of hydrogen-bond acceptors (Lipinski definition) is 6. The summed E-state index contributed by atoms with van der Waals surface area (Å²) >= 11 is 4.60. The van der Waals surface area contributed by atoms with Crippen molar-refractivity contribution in [2.75, 3.05) is 0 Å². The predicted molar refractivity (Wildman–Crippen MR) is 70.6 cm³/mol. The molecule has 2 rings (SSSR count). The summed E-state index contributed by atoms with van der Waals surface area (Å²) in [6.07, 6.45) is 4.70. The smallest absolute Gasteiger partial charge is 0.191 e. The van der Waals surface area contributed by atoms with Crippen molar-refractivity contribution in [3.05, 3.63) is 40.9 Å². The number of rotatable bonds is 3. The molecule has 0 radical (unpaired) electrons. The summed E-state index contributed by atoms with van der Waals surface area (Å²) in [5.41, 5.74) is 5.86. The first-order valence-corrected chi connectivity index (χ1v) is 6.40. The van der Waals surface area contributed by atoms with Gasteiger partial charge in [0.25, 0.3) is 0 Å². The van der Waals surface area contributed by atoms with Gasteiger partial charge in [-0.05, 0) is 39.8 Å². The number of nitrogens with two attached hydrogens (primary N) is 1. The van der Waals surface area contributed by atoms with E-state index >= 15 is 0 Å². The van der Waals surface area contributed by atoms with Crippen LogP contribution in [0.1, 0.15) is 5.69 Å². The second-order valence-corrected chi connectivity index (χ2v) is 5.04. The topological polar surface area (TPSA) is 97.3 Å². The molecule has 0 aromatic carbocycles. The molecule has 0 fully saturated rings. The summed E-state index contributed by atoms with van der Waals surface area (Å²) in [4.78, 5) is 12.4. The van der Waals surface area contributed by atoms with Crippen LogP contribution in [-0.2, 0) is 0 Å². The third kappa shape index (κ3) is 2.96. The number of oxime groups is 1. The molecule has 0 saturated carbocycles. The van der Waals surface area contributed by atoms with Crippen LogP contribution in [0.5, 0.6) is 0 Å². The van der Waals surface area contributed by atoms with Gasteiger partial charge in [-0.2, -0.15) is 0 Å². The fraction of sp³-hybridized carbons (Fsp3) is 0. The van der Waals surface area contributed by atoms with Crippen LogP contribution in [0.2, 0.25) is 0 Å². The lowest BCUT2D eigenvalue weighted by molar-refractivity contribution is 0.318. The van der Waals surface area contributed by atoms with Crippen molar-refractivity contribution in [1.82, 2.24) is 15.0 Å². The lowest BCUT2D eigenvalue weighted by atomic mass is 10.4. The third-order valence-electron chi connectivity index (χ3n) is 1.92. The standard InChI is InChI=1S/C10H8BrN5OS/c11-6-1-2-7(15-5-6)18-10-8(9(12)16-17)13-3-4-14-10/h1-5,17H,(H2,12,16). The van der Waals surface area contributed by atoms with Gasteiger partial charge in [0.05, 0.1) is 0 Å². The van der Waals surface area contributed by atoms with E-state index in [1.807, 2.05) is 12.1 Å². The van der Waals surface area contributed by atoms with Crippen LogP contribution in [0.4, 0.5) is 0 Å². The molecule has 0 spiro atoms. The molecule has 0 aliphatic heterocycles. The van der Waals surface area contributed by atoms with E-state index in [4.69, 9.17) is 10.9 Å². The third-order valence-corrected chi connectivity index (χ3v) is 3.33. The SMILES string of the molecule is NC(=NO)c1nccnc1Sc1ccc(Br)cn1. The number of hydrogen-bond donors (Lipinski definition) is 2. The van der Waals surface area contributed by atoms with E-state index < -0.39 is 0 Å². The molecule has 2 heterocycles. The molecule has 3 N–H and O–H groups in total. The maximum absolute atomic E-state index is 8.68. The molecular formula is C10H8BrN5OS. The molecule has 0 aliphatic rings. The Kier molecular flexibility index (Phi) is 4.11. The van der Waals surface area contributed by atoms with Crippen molar-refractivity contribution >= 4 is 33.5 Å². The Morgan fingerprint density at radius 3 is 2.72 bits per heavy atom. The summed E-state index contributed by atoms with van der Waals surface area (Å²) in [7, 11) is 0. The Morgan fingerprint density at radius 1 is 1.28 bits per heavy atom. The molecule has 0 unspecified atom stereocenters. The van der Waals surface area contributed by atoms with Crippen LogP contribution >= 0.6 is 27.7 Å². The fourth-order valence-corrected chi connectivity index (χ4v) is 2.19. The lowest BCUT2D eigenvalue weighted by Gasteiger charge is -2.04. The highest BCUT2D eigenvalue weighted by Crippen LogP contribution is 2.26. The maximum Gasteiger partial charge on any atom is 0.191 e. The van der Waals surface area contributed by atoms with E-state index in [1.165, 1.54) is 24.2 Å². The molecule has 6 nitrogen and oxygen atoms in total. The van der Waals surface area contributed by atoms with Gasteiger partial charge in [0, 0.05) is 23.1 Å². The van der Waals surface area contributed by atoms with Crippen molar-refractivity contribution in [1.29, 1.82) is 0 Å². The van der Waals surface area contributed by atoms with Crippen LogP contribution in [-0.4, -0.2) is 26.0 Å². The summed E-state index contributed by atoms with van der Waals surface area (Å²) in [5, 5.41) is 12.9. The number of aromatic nitrogens is 3. The molecule has 0 saturated heterocycles. The van der Waals surface area contributed by atoms with Gasteiger partial charge in [0.1, 0.15) is 15.7 Å². The Balaban J connectivity index is 2.32.